The van der Waals surface area contributed by atoms with Crippen LogP contribution in [0.4, 0.5) is 0 Å². The molecule has 0 saturated heterocycles. The second-order valence-electron chi connectivity index (χ2n) is 7.52. The van der Waals surface area contributed by atoms with Gasteiger partial charge >= 0.3 is 0 Å². The number of carbonyl (C=O) groups excluding carboxylic acids is 1. The summed E-state index contributed by atoms with van der Waals surface area (Å²) in [6, 6.07) is 24.6. The van der Waals surface area contributed by atoms with E-state index in [-0.39, 0.29) is 5.91 Å². The highest BCUT2D eigenvalue weighted by Gasteiger charge is 2.22. The van der Waals surface area contributed by atoms with Crippen molar-refractivity contribution in [2.75, 3.05) is 0 Å². The van der Waals surface area contributed by atoms with Crippen LogP contribution in [0.2, 0.25) is 10.0 Å². The Balaban J connectivity index is 1.60. The zero-order valence-corrected chi connectivity index (χ0v) is 20.7. The molecule has 0 bridgehead atoms. The predicted molar refractivity (Wildman–Crippen MR) is 139 cm³/mol. The molecule has 172 valence electrons. The molecule has 1 aromatic heterocycles. The smallest absolute Gasteiger partial charge is 0.244 e. The van der Waals surface area contributed by atoms with Crippen LogP contribution in [0.3, 0.4) is 0 Å². The van der Waals surface area contributed by atoms with Gasteiger partial charge in [0, 0.05) is 16.9 Å². The van der Waals surface area contributed by atoms with Crippen molar-refractivity contribution >= 4 is 46.9 Å². The van der Waals surface area contributed by atoms with Gasteiger partial charge in [0.05, 0.1) is 16.8 Å². The Morgan fingerprint density at radius 2 is 1.74 bits per heavy atom. The summed E-state index contributed by atoms with van der Waals surface area (Å²) in [5.74, 6) is 1.05. The van der Waals surface area contributed by atoms with Crippen LogP contribution in [0.15, 0.2) is 90.1 Å². The van der Waals surface area contributed by atoms with E-state index >= 15 is 0 Å². The molecule has 0 radical (unpaired) electrons. The first kappa shape index (κ1) is 24.1. The Hall–Kier alpha value is -3.06. The SMILES string of the molecule is CC(NC(=O)/C=C/c1ccccc1)c1nnc(SCc2ccccc2)n1-c1ccc(Cl)cc1Cl. The highest BCUT2D eigenvalue weighted by molar-refractivity contribution is 7.98. The van der Waals surface area contributed by atoms with Crippen LogP contribution in [0, 0.1) is 0 Å². The molecule has 0 aliphatic carbocycles. The molecule has 4 aromatic rings. The Labute approximate surface area is 212 Å². The highest BCUT2D eigenvalue weighted by Crippen LogP contribution is 2.32. The van der Waals surface area contributed by atoms with Crippen molar-refractivity contribution in [3.05, 3.63) is 112 Å². The van der Waals surface area contributed by atoms with Gasteiger partial charge in [0.2, 0.25) is 5.91 Å². The molecule has 1 atom stereocenters. The molecule has 0 spiro atoms. The number of hydrogen-bond donors (Lipinski definition) is 1. The molecule has 34 heavy (non-hydrogen) atoms. The Morgan fingerprint density at radius 1 is 1.03 bits per heavy atom. The van der Waals surface area contributed by atoms with E-state index in [1.54, 1.807) is 30.0 Å². The van der Waals surface area contributed by atoms with Gasteiger partial charge in [-0.3, -0.25) is 9.36 Å². The molecular formula is C26H22Cl2N4OS. The third kappa shape index (κ3) is 6.08. The zero-order chi connectivity index (χ0) is 23.9. The predicted octanol–water partition coefficient (Wildman–Crippen LogP) is 6.76. The molecule has 3 aromatic carbocycles. The first-order valence-electron chi connectivity index (χ1n) is 10.6. The van der Waals surface area contributed by atoms with Crippen LogP contribution in [-0.2, 0) is 10.5 Å². The minimum Gasteiger partial charge on any atom is -0.343 e. The molecule has 1 N–H and O–H groups in total. The summed E-state index contributed by atoms with van der Waals surface area (Å²) in [7, 11) is 0. The van der Waals surface area contributed by atoms with Crippen LogP contribution < -0.4 is 5.32 Å². The number of halogens is 2. The number of thioether (sulfide) groups is 1. The minimum atomic E-state index is -0.418. The maximum Gasteiger partial charge on any atom is 0.244 e. The number of rotatable bonds is 8. The van der Waals surface area contributed by atoms with Gasteiger partial charge in [-0.2, -0.15) is 0 Å². The largest absolute Gasteiger partial charge is 0.343 e. The van der Waals surface area contributed by atoms with Gasteiger partial charge in [-0.05, 0) is 42.3 Å². The Bertz CT molecular complexity index is 1290. The summed E-state index contributed by atoms with van der Waals surface area (Å²) in [6.07, 6.45) is 3.27. The summed E-state index contributed by atoms with van der Waals surface area (Å²) in [5, 5.41) is 13.5. The maximum atomic E-state index is 12.6. The lowest BCUT2D eigenvalue weighted by molar-refractivity contribution is -0.117. The third-order valence-corrected chi connectivity index (χ3v) is 6.53. The second kappa shape index (κ2) is 11.4. The first-order valence-corrected chi connectivity index (χ1v) is 12.4. The molecule has 4 rings (SSSR count). The lowest BCUT2D eigenvalue weighted by Gasteiger charge is -2.16. The monoisotopic (exact) mass is 508 g/mol. The van der Waals surface area contributed by atoms with E-state index in [2.05, 4.69) is 27.6 Å². The second-order valence-corrected chi connectivity index (χ2v) is 9.31. The fraction of sp³-hybridized carbons (Fsp3) is 0.115. The normalized spacial score (nSPS) is 12.1. The van der Waals surface area contributed by atoms with E-state index in [0.717, 1.165) is 5.56 Å². The van der Waals surface area contributed by atoms with Gasteiger partial charge < -0.3 is 5.32 Å². The van der Waals surface area contributed by atoms with Crippen molar-refractivity contribution in [2.24, 2.45) is 0 Å². The maximum absolute atomic E-state index is 12.6. The van der Waals surface area contributed by atoms with E-state index in [4.69, 9.17) is 23.2 Å². The fourth-order valence-electron chi connectivity index (χ4n) is 3.33. The van der Waals surface area contributed by atoms with Crippen molar-refractivity contribution in [2.45, 2.75) is 23.9 Å². The van der Waals surface area contributed by atoms with Crippen LogP contribution >= 0.6 is 35.0 Å². The van der Waals surface area contributed by atoms with E-state index in [1.165, 1.54) is 11.6 Å². The van der Waals surface area contributed by atoms with Gasteiger partial charge in [-0.25, -0.2) is 0 Å². The van der Waals surface area contributed by atoms with Crippen LogP contribution in [0.5, 0.6) is 0 Å². The van der Waals surface area contributed by atoms with Gasteiger partial charge in [0.1, 0.15) is 0 Å². The van der Waals surface area contributed by atoms with E-state index in [0.29, 0.717) is 32.5 Å². The number of nitrogens with one attached hydrogen (secondary N) is 1. The number of aromatic nitrogens is 3. The topological polar surface area (TPSA) is 59.8 Å². The number of benzene rings is 3. The number of hydrogen-bond acceptors (Lipinski definition) is 4. The van der Waals surface area contributed by atoms with Crippen LogP contribution in [0.25, 0.3) is 11.8 Å². The molecule has 1 amide bonds. The van der Waals surface area contributed by atoms with Crippen molar-refractivity contribution in [3.63, 3.8) is 0 Å². The van der Waals surface area contributed by atoms with Gasteiger partial charge in [0.15, 0.2) is 11.0 Å². The van der Waals surface area contributed by atoms with E-state index in [1.807, 2.05) is 66.1 Å². The standard InChI is InChI=1S/C26H22Cl2N4OS/c1-18(29-24(33)15-12-19-8-4-2-5-9-19)25-30-31-26(34-17-20-10-6-3-7-11-20)32(25)23-14-13-21(27)16-22(23)28/h2-16,18H,17H2,1H3,(H,29,33)/b15-12+. The van der Waals surface area contributed by atoms with Gasteiger partial charge in [-0.15, -0.1) is 10.2 Å². The summed E-state index contributed by atoms with van der Waals surface area (Å²) >= 11 is 14.2. The average Bonchev–Trinajstić information content (AvgIpc) is 3.26. The summed E-state index contributed by atoms with van der Waals surface area (Å²) in [5.41, 5.74) is 2.81. The van der Waals surface area contributed by atoms with Crippen molar-refractivity contribution in [1.82, 2.24) is 20.1 Å². The van der Waals surface area contributed by atoms with Crippen LogP contribution in [-0.4, -0.2) is 20.7 Å². The number of amides is 1. The van der Waals surface area contributed by atoms with Crippen molar-refractivity contribution < 1.29 is 4.79 Å². The first-order chi connectivity index (χ1) is 16.5. The Kier molecular flexibility index (Phi) is 8.06. The molecule has 8 heteroatoms. The molecule has 1 heterocycles. The molecule has 0 fully saturated rings. The molecule has 1 unspecified atom stereocenters. The Morgan fingerprint density at radius 3 is 2.44 bits per heavy atom. The quantitative estimate of drug-likeness (QED) is 0.211. The van der Waals surface area contributed by atoms with Gasteiger partial charge in [0.25, 0.3) is 0 Å². The number of nitrogens with zero attached hydrogens (tertiary/aromatic N) is 3. The van der Waals surface area contributed by atoms with E-state index in [9.17, 15) is 4.79 Å². The summed E-state index contributed by atoms with van der Waals surface area (Å²) in [6.45, 7) is 1.87. The summed E-state index contributed by atoms with van der Waals surface area (Å²) < 4.78 is 1.87. The van der Waals surface area contributed by atoms with E-state index < -0.39 is 6.04 Å². The molecule has 5 nitrogen and oxygen atoms in total. The lowest BCUT2D eigenvalue weighted by atomic mass is 10.2. The fourth-order valence-corrected chi connectivity index (χ4v) is 4.73. The molecule has 0 saturated carbocycles. The van der Waals surface area contributed by atoms with Crippen LogP contribution in [0.1, 0.15) is 29.9 Å². The lowest BCUT2D eigenvalue weighted by Crippen LogP contribution is -2.27. The van der Waals surface area contributed by atoms with Crippen molar-refractivity contribution in [3.8, 4) is 5.69 Å². The highest BCUT2D eigenvalue weighted by atomic mass is 35.5. The van der Waals surface area contributed by atoms with Gasteiger partial charge in [-0.1, -0.05) is 95.6 Å². The number of carbonyl (C=O) groups is 1. The average molecular weight is 509 g/mol. The molecular weight excluding hydrogens is 487 g/mol. The minimum absolute atomic E-state index is 0.230. The molecule has 0 aliphatic heterocycles. The van der Waals surface area contributed by atoms with Crippen molar-refractivity contribution in [1.29, 1.82) is 0 Å². The zero-order valence-electron chi connectivity index (χ0n) is 18.4. The third-order valence-electron chi connectivity index (χ3n) is 4.99. The summed E-state index contributed by atoms with van der Waals surface area (Å²) in [4.78, 5) is 12.6. The molecule has 0 aliphatic rings.